The average molecular weight is 351 g/mol. The van der Waals surface area contributed by atoms with Gasteiger partial charge in [0.2, 0.25) is 5.89 Å². The number of carbonyl (C=O) groups excluding carboxylic acids is 1. The molecular formula is C19H17N3O4. The molecule has 1 atom stereocenters. The molecule has 5 rings (SSSR count). The fourth-order valence-electron chi connectivity index (χ4n) is 3.51. The molecule has 0 spiro atoms. The third-order valence-corrected chi connectivity index (χ3v) is 5.04. The first-order valence-electron chi connectivity index (χ1n) is 8.88. The molecule has 1 aliphatic carbocycles. The van der Waals surface area contributed by atoms with Crippen LogP contribution in [0.1, 0.15) is 59.9 Å². The van der Waals surface area contributed by atoms with Gasteiger partial charge in [-0.25, -0.2) is 0 Å². The number of aromatic nitrogens is 2. The number of fused-ring (bicyclic) bond motifs is 1. The van der Waals surface area contributed by atoms with Gasteiger partial charge in [0.05, 0.1) is 5.39 Å². The topological polar surface area (TPSA) is 89.4 Å². The normalized spacial score (nSPS) is 20.0. The summed E-state index contributed by atoms with van der Waals surface area (Å²) in [4.78, 5) is 31.4. The smallest absolute Gasteiger partial charge is 0.290 e. The molecule has 2 fully saturated rings. The van der Waals surface area contributed by atoms with Crippen LogP contribution in [0, 0.1) is 0 Å². The summed E-state index contributed by atoms with van der Waals surface area (Å²) in [6, 6.07) is 7.92. The largest absolute Gasteiger partial charge is 0.451 e. The van der Waals surface area contributed by atoms with Crippen LogP contribution < -0.4 is 5.43 Å². The van der Waals surface area contributed by atoms with Gasteiger partial charge in [-0.3, -0.25) is 9.59 Å². The highest BCUT2D eigenvalue weighted by atomic mass is 16.5. The van der Waals surface area contributed by atoms with Crippen LogP contribution in [0.5, 0.6) is 0 Å². The molecule has 1 amide bonds. The van der Waals surface area contributed by atoms with Crippen molar-refractivity contribution in [1.82, 2.24) is 15.0 Å². The number of para-hydroxylation sites is 1. The molecule has 2 aromatic heterocycles. The summed E-state index contributed by atoms with van der Waals surface area (Å²) in [6.07, 6.45) is 3.79. The molecule has 1 aliphatic heterocycles. The second kappa shape index (κ2) is 5.79. The predicted molar refractivity (Wildman–Crippen MR) is 91.8 cm³/mol. The van der Waals surface area contributed by atoms with Crippen molar-refractivity contribution in [3.05, 3.63) is 58.0 Å². The fraction of sp³-hybridized carbons (Fsp3) is 0.368. The highest BCUT2D eigenvalue weighted by Gasteiger charge is 2.37. The van der Waals surface area contributed by atoms with Crippen molar-refractivity contribution in [3.8, 4) is 0 Å². The van der Waals surface area contributed by atoms with Crippen molar-refractivity contribution in [1.29, 1.82) is 0 Å². The second-order valence-corrected chi connectivity index (χ2v) is 6.89. The van der Waals surface area contributed by atoms with Crippen LogP contribution >= 0.6 is 0 Å². The maximum absolute atomic E-state index is 13.0. The van der Waals surface area contributed by atoms with E-state index < -0.39 is 0 Å². The Kier molecular flexibility index (Phi) is 3.41. The molecule has 1 unspecified atom stereocenters. The van der Waals surface area contributed by atoms with Crippen molar-refractivity contribution in [2.45, 2.75) is 37.6 Å². The van der Waals surface area contributed by atoms with E-state index in [1.54, 1.807) is 29.2 Å². The number of amides is 1. The van der Waals surface area contributed by atoms with Gasteiger partial charge in [0.25, 0.3) is 5.91 Å². The van der Waals surface area contributed by atoms with Gasteiger partial charge in [-0.1, -0.05) is 17.3 Å². The van der Waals surface area contributed by atoms with Gasteiger partial charge < -0.3 is 13.8 Å². The molecule has 1 saturated heterocycles. The van der Waals surface area contributed by atoms with Gasteiger partial charge in [0, 0.05) is 18.5 Å². The van der Waals surface area contributed by atoms with E-state index in [9.17, 15) is 9.59 Å². The van der Waals surface area contributed by atoms with E-state index in [-0.39, 0.29) is 23.1 Å². The molecule has 0 radical (unpaired) electrons. The average Bonchev–Trinajstić information content (AvgIpc) is 3.19. The zero-order chi connectivity index (χ0) is 17.7. The first-order chi connectivity index (χ1) is 12.7. The number of hydrogen-bond acceptors (Lipinski definition) is 6. The zero-order valence-electron chi connectivity index (χ0n) is 14.1. The van der Waals surface area contributed by atoms with Gasteiger partial charge in [-0.05, 0) is 37.8 Å². The minimum absolute atomic E-state index is 0.0440. The van der Waals surface area contributed by atoms with E-state index in [2.05, 4.69) is 10.1 Å². The number of benzene rings is 1. The summed E-state index contributed by atoms with van der Waals surface area (Å²) in [5.41, 5.74) is 0.188. The third kappa shape index (κ3) is 2.51. The van der Waals surface area contributed by atoms with Crippen LogP contribution in [0.25, 0.3) is 11.0 Å². The highest BCUT2D eigenvalue weighted by molar-refractivity contribution is 5.93. The van der Waals surface area contributed by atoms with Crippen molar-refractivity contribution < 1.29 is 13.7 Å². The first-order valence-corrected chi connectivity index (χ1v) is 8.88. The van der Waals surface area contributed by atoms with E-state index in [1.807, 2.05) is 0 Å². The van der Waals surface area contributed by atoms with Gasteiger partial charge in [-0.15, -0.1) is 0 Å². The lowest BCUT2D eigenvalue weighted by Gasteiger charge is -2.21. The minimum atomic E-state index is -0.318. The van der Waals surface area contributed by atoms with Crippen LogP contribution in [0.3, 0.4) is 0 Å². The zero-order valence-corrected chi connectivity index (χ0v) is 14.1. The summed E-state index contributed by atoms with van der Waals surface area (Å²) < 4.78 is 11.1. The molecule has 132 valence electrons. The quantitative estimate of drug-likeness (QED) is 0.720. The molecule has 7 heteroatoms. The SMILES string of the molecule is O=C(c1cc(=O)c2ccccc2o1)N1CCCC1c1nc(C2CC2)no1. The van der Waals surface area contributed by atoms with E-state index in [4.69, 9.17) is 8.94 Å². The Balaban J connectivity index is 1.47. The Hall–Kier alpha value is -2.96. The van der Waals surface area contributed by atoms with Crippen LogP contribution in [-0.2, 0) is 0 Å². The van der Waals surface area contributed by atoms with E-state index in [0.29, 0.717) is 29.3 Å². The number of nitrogens with zero attached hydrogens (tertiary/aromatic N) is 3. The summed E-state index contributed by atoms with van der Waals surface area (Å²) in [5, 5.41) is 4.51. The number of likely N-dealkylation sites (tertiary alicyclic amines) is 1. The van der Waals surface area contributed by atoms with Crippen molar-refractivity contribution in [2.75, 3.05) is 6.54 Å². The van der Waals surface area contributed by atoms with Crippen molar-refractivity contribution >= 4 is 16.9 Å². The van der Waals surface area contributed by atoms with Gasteiger partial charge in [0.15, 0.2) is 17.0 Å². The lowest BCUT2D eigenvalue weighted by atomic mass is 10.2. The maximum Gasteiger partial charge on any atom is 0.290 e. The Bertz CT molecular complexity index is 1050. The maximum atomic E-state index is 13.0. The van der Waals surface area contributed by atoms with Crippen molar-refractivity contribution in [3.63, 3.8) is 0 Å². The summed E-state index contributed by atoms with van der Waals surface area (Å²) in [7, 11) is 0. The molecule has 2 aliphatic rings. The molecule has 1 saturated carbocycles. The minimum Gasteiger partial charge on any atom is -0.451 e. The van der Waals surface area contributed by atoms with Crippen LogP contribution in [0.15, 0.2) is 44.1 Å². The van der Waals surface area contributed by atoms with Crippen molar-refractivity contribution in [2.24, 2.45) is 0 Å². The third-order valence-electron chi connectivity index (χ3n) is 5.04. The molecule has 1 aromatic carbocycles. The monoisotopic (exact) mass is 351 g/mol. The van der Waals surface area contributed by atoms with Gasteiger partial charge in [-0.2, -0.15) is 4.98 Å². The van der Waals surface area contributed by atoms with Gasteiger partial charge >= 0.3 is 0 Å². The lowest BCUT2D eigenvalue weighted by molar-refractivity contribution is 0.0678. The Labute approximate surface area is 148 Å². The summed E-state index contributed by atoms with van der Waals surface area (Å²) >= 11 is 0. The molecular weight excluding hydrogens is 334 g/mol. The number of carbonyl (C=O) groups is 1. The summed E-state index contributed by atoms with van der Waals surface area (Å²) in [6.45, 7) is 0.571. The van der Waals surface area contributed by atoms with E-state index >= 15 is 0 Å². The van der Waals surface area contributed by atoms with E-state index in [0.717, 1.165) is 31.5 Å². The van der Waals surface area contributed by atoms with Gasteiger partial charge in [0.1, 0.15) is 11.6 Å². The second-order valence-electron chi connectivity index (χ2n) is 6.89. The first kappa shape index (κ1) is 15.3. The molecule has 3 heterocycles. The van der Waals surface area contributed by atoms with Crippen LogP contribution in [0.4, 0.5) is 0 Å². The summed E-state index contributed by atoms with van der Waals surface area (Å²) in [5.74, 6) is 1.33. The highest BCUT2D eigenvalue weighted by Crippen LogP contribution is 2.40. The Morgan fingerprint density at radius 1 is 1.19 bits per heavy atom. The molecule has 0 N–H and O–H groups in total. The van der Waals surface area contributed by atoms with Crippen LogP contribution in [0.2, 0.25) is 0 Å². The predicted octanol–water partition coefficient (Wildman–Crippen LogP) is 3.03. The Morgan fingerprint density at radius 3 is 2.88 bits per heavy atom. The molecule has 3 aromatic rings. The lowest BCUT2D eigenvalue weighted by Crippen LogP contribution is -2.31. The molecule has 26 heavy (non-hydrogen) atoms. The fourth-order valence-corrected chi connectivity index (χ4v) is 3.51. The standard InChI is InChI=1S/C19H17N3O4/c23-14-10-16(25-15-6-2-1-4-12(14)15)19(24)22-9-3-5-13(22)18-20-17(21-26-18)11-7-8-11/h1-2,4,6,10-11,13H,3,5,7-9H2. The number of rotatable bonds is 3. The van der Waals surface area contributed by atoms with Crippen LogP contribution in [-0.4, -0.2) is 27.5 Å². The molecule has 7 nitrogen and oxygen atoms in total. The number of hydrogen-bond donors (Lipinski definition) is 0. The Morgan fingerprint density at radius 2 is 2.04 bits per heavy atom. The molecule has 0 bridgehead atoms. The van der Waals surface area contributed by atoms with E-state index in [1.165, 1.54) is 6.07 Å².